The number of aliphatic hydroxyl groups excluding tert-OH is 4. The fourth-order valence-corrected chi connectivity index (χ4v) is 7.14. The summed E-state index contributed by atoms with van der Waals surface area (Å²) < 4.78 is 18.8. The summed E-state index contributed by atoms with van der Waals surface area (Å²) in [5.41, 5.74) is -3.48. The van der Waals surface area contributed by atoms with Gasteiger partial charge in [0.15, 0.2) is 11.9 Å². The lowest BCUT2D eigenvalue weighted by Crippen LogP contribution is -2.86. The van der Waals surface area contributed by atoms with E-state index in [2.05, 4.69) is 10.6 Å². The molecule has 0 saturated carbocycles. The van der Waals surface area contributed by atoms with Crippen molar-refractivity contribution in [3.05, 3.63) is 108 Å². The van der Waals surface area contributed by atoms with E-state index < -0.39 is 84.6 Å². The minimum absolute atomic E-state index is 0.0467. The fraction of sp³-hybridized carbons (Fsp3) is 0.459. The van der Waals surface area contributed by atoms with Gasteiger partial charge in [0.05, 0.1) is 25.4 Å². The molecule has 0 aliphatic carbocycles. The molecule has 3 aromatic carbocycles. The first-order chi connectivity index (χ1) is 23.9. The van der Waals surface area contributed by atoms with Crippen LogP contribution in [0, 0.1) is 0 Å². The zero-order valence-electron chi connectivity index (χ0n) is 27.9. The number of rotatable bonds is 12. The normalized spacial score (nSPS) is 33.3. The summed E-state index contributed by atoms with van der Waals surface area (Å²) in [6, 6.07) is 23.3. The zero-order chi connectivity index (χ0) is 36.1. The second-order valence-electron chi connectivity index (χ2n) is 13.1. The topological polar surface area (TPSA) is 207 Å². The molecule has 0 aromatic heterocycles. The zero-order valence-corrected chi connectivity index (χ0v) is 27.9. The third-order valence-corrected chi connectivity index (χ3v) is 9.49. The van der Waals surface area contributed by atoms with Crippen LogP contribution in [-0.4, -0.2) is 115 Å². The first kappa shape index (κ1) is 37.5. The second-order valence-corrected chi connectivity index (χ2v) is 13.1. The van der Waals surface area contributed by atoms with Crippen molar-refractivity contribution >= 4 is 11.8 Å². The van der Waals surface area contributed by atoms with Crippen LogP contribution in [0.4, 0.5) is 0 Å². The smallest absolute Gasteiger partial charge is 0.217 e. The van der Waals surface area contributed by atoms with E-state index in [1.165, 1.54) is 6.92 Å². The predicted molar refractivity (Wildman–Crippen MR) is 179 cm³/mol. The molecule has 2 saturated heterocycles. The number of hydrogen-bond acceptors (Lipinski definition) is 11. The molecule has 8 N–H and O–H groups in total. The van der Waals surface area contributed by atoms with Crippen LogP contribution in [0.2, 0.25) is 0 Å². The quantitative estimate of drug-likeness (QED) is 0.124. The molecule has 270 valence electrons. The molecular weight excluding hydrogens is 648 g/mol. The van der Waals surface area contributed by atoms with Gasteiger partial charge in [-0.15, -0.1) is 0 Å². The number of nitrogens with one attached hydrogen (secondary N) is 2. The Kier molecular flexibility index (Phi) is 12.0. The molecule has 13 heteroatoms. The minimum atomic E-state index is -2.81. The highest BCUT2D eigenvalue weighted by atomic mass is 16.7. The Morgan fingerprint density at radius 1 is 0.800 bits per heavy atom. The molecule has 1 unspecified atom stereocenters. The van der Waals surface area contributed by atoms with Gasteiger partial charge in [-0.2, -0.15) is 0 Å². The van der Waals surface area contributed by atoms with Crippen LogP contribution in [-0.2, 0) is 43.2 Å². The van der Waals surface area contributed by atoms with Gasteiger partial charge in [-0.05, 0) is 16.7 Å². The van der Waals surface area contributed by atoms with Crippen molar-refractivity contribution in [3.63, 3.8) is 0 Å². The van der Waals surface area contributed by atoms with Gasteiger partial charge in [0.1, 0.15) is 42.2 Å². The van der Waals surface area contributed by atoms with Crippen LogP contribution in [0.15, 0.2) is 91.0 Å². The Morgan fingerprint density at radius 2 is 1.34 bits per heavy atom. The van der Waals surface area contributed by atoms with Gasteiger partial charge >= 0.3 is 0 Å². The molecule has 2 amide bonds. The minimum Gasteiger partial charge on any atom is -0.394 e. The third-order valence-electron chi connectivity index (χ3n) is 9.49. The van der Waals surface area contributed by atoms with Gasteiger partial charge in [-0.25, -0.2) is 0 Å². The lowest BCUT2D eigenvalue weighted by atomic mass is 9.62. The number of ether oxygens (including phenoxy) is 3. The van der Waals surface area contributed by atoms with Gasteiger partial charge in [-0.1, -0.05) is 91.0 Å². The van der Waals surface area contributed by atoms with Crippen molar-refractivity contribution in [2.24, 2.45) is 0 Å². The molecule has 11 atom stereocenters. The molecule has 0 bridgehead atoms. The number of amides is 2. The van der Waals surface area contributed by atoms with Gasteiger partial charge in [0.2, 0.25) is 11.8 Å². The van der Waals surface area contributed by atoms with E-state index in [1.807, 2.05) is 18.2 Å². The molecule has 2 aliphatic heterocycles. The first-order valence-electron chi connectivity index (χ1n) is 16.6. The Hall–Kier alpha value is -3.76. The highest BCUT2D eigenvalue weighted by Crippen LogP contribution is 2.48. The van der Waals surface area contributed by atoms with Crippen molar-refractivity contribution < 1.29 is 54.4 Å². The third kappa shape index (κ3) is 7.76. The maximum absolute atomic E-state index is 13.4. The van der Waals surface area contributed by atoms with Gasteiger partial charge in [0.25, 0.3) is 0 Å². The Balaban J connectivity index is 1.73. The number of hydrogen-bond donors (Lipinski definition) is 8. The van der Waals surface area contributed by atoms with E-state index in [-0.39, 0.29) is 19.4 Å². The van der Waals surface area contributed by atoms with E-state index in [9.17, 15) is 40.2 Å². The van der Waals surface area contributed by atoms with E-state index in [0.717, 1.165) is 12.5 Å². The Morgan fingerprint density at radius 3 is 1.88 bits per heavy atom. The summed E-state index contributed by atoms with van der Waals surface area (Å²) in [6.07, 6.45) is -12.2. The van der Waals surface area contributed by atoms with Crippen LogP contribution in [0.1, 0.15) is 30.5 Å². The fourth-order valence-electron chi connectivity index (χ4n) is 7.14. The maximum atomic E-state index is 13.4. The molecule has 2 aliphatic rings. The molecule has 2 heterocycles. The number of aliphatic hydroxyl groups is 6. The van der Waals surface area contributed by atoms with Crippen LogP contribution >= 0.6 is 0 Å². The molecular formula is C37H46N2O11. The van der Waals surface area contributed by atoms with Crippen LogP contribution < -0.4 is 10.6 Å². The first-order valence-corrected chi connectivity index (χ1v) is 16.6. The predicted octanol–water partition coefficient (Wildman–Crippen LogP) is -0.272. The molecule has 0 spiro atoms. The van der Waals surface area contributed by atoms with Crippen molar-refractivity contribution in [2.75, 3.05) is 6.61 Å². The van der Waals surface area contributed by atoms with Crippen LogP contribution in [0.5, 0.6) is 0 Å². The van der Waals surface area contributed by atoms with Crippen LogP contribution in [0.25, 0.3) is 0 Å². The van der Waals surface area contributed by atoms with Crippen molar-refractivity contribution in [1.82, 2.24) is 10.6 Å². The van der Waals surface area contributed by atoms with E-state index in [1.54, 1.807) is 72.8 Å². The average molecular weight is 695 g/mol. The standard InChI is InChI=1S/C37H46N2O11/c1-22(41)38-29-31(45)30(44)28(20-40)49-34(29)37(47)33(27(43)18-24-12-6-3-7-13-24)50-35(48-21-26-16-10-5-11-17-26)32(39-23(2)42)36(37,46)19-25-14-8-4-9-15-25/h3-17,27-35,40,43-47H,18-21H2,1-2H3,(H,38,41)(H,39,42)/t27?,28-,29+,30-,31-,32-,33-,34-,35+,36-,37+/m1/s1. The van der Waals surface area contributed by atoms with E-state index in [0.29, 0.717) is 11.1 Å². The van der Waals surface area contributed by atoms with E-state index in [4.69, 9.17) is 14.2 Å². The Labute approximate surface area is 290 Å². The summed E-state index contributed by atoms with van der Waals surface area (Å²) >= 11 is 0. The van der Waals surface area contributed by atoms with Gasteiger partial charge in [0, 0.05) is 26.7 Å². The monoisotopic (exact) mass is 694 g/mol. The largest absolute Gasteiger partial charge is 0.394 e. The molecule has 50 heavy (non-hydrogen) atoms. The number of benzene rings is 3. The van der Waals surface area contributed by atoms with E-state index >= 15 is 0 Å². The highest BCUT2D eigenvalue weighted by Gasteiger charge is 2.72. The van der Waals surface area contributed by atoms with Gasteiger partial charge < -0.3 is 55.5 Å². The van der Waals surface area contributed by atoms with Gasteiger partial charge in [-0.3, -0.25) is 9.59 Å². The molecule has 2 fully saturated rings. The summed E-state index contributed by atoms with van der Waals surface area (Å²) in [6.45, 7) is 1.51. The second kappa shape index (κ2) is 16.1. The maximum Gasteiger partial charge on any atom is 0.217 e. The molecule has 0 radical (unpaired) electrons. The lowest BCUT2D eigenvalue weighted by molar-refractivity contribution is -0.382. The number of carbonyl (C=O) groups is 2. The summed E-state index contributed by atoms with van der Waals surface area (Å²) in [7, 11) is 0. The lowest BCUT2D eigenvalue weighted by Gasteiger charge is -2.62. The molecule has 5 rings (SSSR count). The summed E-state index contributed by atoms with van der Waals surface area (Å²) in [5, 5.41) is 76.3. The van der Waals surface area contributed by atoms with Crippen molar-refractivity contribution in [2.45, 2.75) is 99.5 Å². The SMILES string of the molecule is CC(=O)N[C@H]1[C@@H](O)[C@H](O)[C@@H](CO)O[C@H]1[C@@]1(O)[C@@H](C(O)Cc2ccccc2)O[C@H](OCc2ccccc2)[C@@H](NC(C)=O)[C@]1(O)Cc1ccccc1. The summed E-state index contributed by atoms with van der Waals surface area (Å²) in [4.78, 5) is 25.4. The molecule has 3 aromatic rings. The van der Waals surface area contributed by atoms with Crippen molar-refractivity contribution in [1.29, 1.82) is 0 Å². The molecule has 13 nitrogen and oxygen atoms in total. The highest BCUT2D eigenvalue weighted by molar-refractivity contribution is 5.74. The number of carbonyl (C=O) groups excluding carboxylic acids is 2. The Bertz CT molecular complexity index is 1550. The van der Waals surface area contributed by atoms with Crippen LogP contribution in [0.3, 0.4) is 0 Å². The average Bonchev–Trinajstić information content (AvgIpc) is 3.10. The van der Waals surface area contributed by atoms with Crippen molar-refractivity contribution in [3.8, 4) is 0 Å². The summed E-state index contributed by atoms with van der Waals surface area (Å²) in [5.74, 6) is -1.29.